The Hall–Kier alpha value is -1.73. The van der Waals surface area contributed by atoms with E-state index >= 15 is 0 Å². The predicted molar refractivity (Wildman–Crippen MR) is 77.3 cm³/mol. The third-order valence-electron chi connectivity index (χ3n) is 3.07. The van der Waals surface area contributed by atoms with Crippen LogP contribution in [0, 0.1) is 0 Å². The number of aromatic nitrogens is 2. The van der Waals surface area contributed by atoms with Crippen molar-refractivity contribution in [2.24, 2.45) is 0 Å². The number of carbonyl (C=O) groups is 1. The highest BCUT2D eigenvalue weighted by Crippen LogP contribution is 2.31. The molecule has 0 saturated heterocycles. The lowest BCUT2D eigenvalue weighted by Gasteiger charge is -2.19. The summed E-state index contributed by atoms with van der Waals surface area (Å²) < 4.78 is 0. The third-order valence-corrected chi connectivity index (χ3v) is 4.17. The number of nitrogen functional groups attached to an aromatic ring is 1. The van der Waals surface area contributed by atoms with E-state index in [9.17, 15) is 4.79 Å². The lowest BCUT2D eigenvalue weighted by atomic mass is 10.2. The Morgan fingerprint density at radius 2 is 2.32 bits per heavy atom. The van der Waals surface area contributed by atoms with Crippen LogP contribution in [0.3, 0.4) is 0 Å². The molecular weight excluding hydrogens is 262 g/mol. The Morgan fingerprint density at radius 1 is 1.58 bits per heavy atom. The molecule has 0 aliphatic heterocycles. The molecule has 102 valence electrons. The topological polar surface area (TPSA) is 84.1 Å². The van der Waals surface area contributed by atoms with Crippen LogP contribution in [0.5, 0.6) is 0 Å². The number of anilines is 1. The van der Waals surface area contributed by atoms with E-state index in [2.05, 4.69) is 15.5 Å². The van der Waals surface area contributed by atoms with Gasteiger partial charge in [-0.15, -0.1) is 16.4 Å². The van der Waals surface area contributed by atoms with Gasteiger partial charge in [-0.05, 0) is 27.1 Å². The summed E-state index contributed by atoms with van der Waals surface area (Å²) in [5.41, 5.74) is 6.45. The minimum Gasteiger partial charge on any atom is -0.397 e. The fourth-order valence-electron chi connectivity index (χ4n) is 1.55. The van der Waals surface area contributed by atoms with E-state index in [1.54, 1.807) is 12.3 Å². The third kappa shape index (κ3) is 2.82. The molecule has 2 heterocycles. The number of nitrogens with two attached hydrogens (primary N) is 1. The highest BCUT2D eigenvalue weighted by Gasteiger charge is 2.17. The Bertz CT molecular complexity index is 595. The molecule has 1 amide bonds. The van der Waals surface area contributed by atoms with Crippen LogP contribution in [0.2, 0.25) is 0 Å². The van der Waals surface area contributed by atoms with Gasteiger partial charge in [0.2, 0.25) is 0 Å². The highest BCUT2D eigenvalue weighted by atomic mass is 32.1. The number of likely N-dealkylation sites (N-methyl/N-ethyl adjacent to an activating group) is 1. The summed E-state index contributed by atoms with van der Waals surface area (Å²) in [5, 5.41) is 11.4. The summed E-state index contributed by atoms with van der Waals surface area (Å²) in [5.74, 6) is -0.158. The Kier molecular flexibility index (Phi) is 3.96. The Balaban J connectivity index is 2.16. The summed E-state index contributed by atoms with van der Waals surface area (Å²) in [4.78, 5) is 15.3. The fraction of sp³-hybridized carbons (Fsp3) is 0.417. The van der Waals surface area contributed by atoms with Crippen LogP contribution in [-0.4, -0.2) is 47.7 Å². The second-order valence-corrected chi connectivity index (χ2v) is 5.62. The zero-order valence-electron chi connectivity index (χ0n) is 11.2. The van der Waals surface area contributed by atoms with Gasteiger partial charge in [0, 0.05) is 18.0 Å². The van der Waals surface area contributed by atoms with Gasteiger partial charge in [-0.2, -0.15) is 5.10 Å². The molecule has 2 aromatic heterocycles. The van der Waals surface area contributed by atoms with Gasteiger partial charge in [-0.3, -0.25) is 4.79 Å². The van der Waals surface area contributed by atoms with E-state index in [1.807, 2.05) is 25.9 Å². The van der Waals surface area contributed by atoms with Crippen LogP contribution < -0.4 is 11.1 Å². The molecule has 19 heavy (non-hydrogen) atoms. The number of fused-ring (bicyclic) bond motifs is 1. The molecular formula is C12H17N5OS. The van der Waals surface area contributed by atoms with E-state index in [4.69, 9.17) is 5.73 Å². The van der Waals surface area contributed by atoms with E-state index in [0.29, 0.717) is 21.9 Å². The summed E-state index contributed by atoms with van der Waals surface area (Å²) >= 11 is 1.27. The average molecular weight is 279 g/mol. The quantitative estimate of drug-likeness (QED) is 0.870. The molecule has 1 unspecified atom stereocenters. The second kappa shape index (κ2) is 5.50. The minimum absolute atomic E-state index is 0.158. The zero-order valence-corrected chi connectivity index (χ0v) is 12.0. The molecule has 0 saturated carbocycles. The molecule has 0 fully saturated rings. The van der Waals surface area contributed by atoms with Crippen molar-refractivity contribution in [2.45, 2.75) is 13.0 Å². The van der Waals surface area contributed by atoms with Crippen LogP contribution >= 0.6 is 11.3 Å². The van der Waals surface area contributed by atoms with Crippen LogP contribution in [0.15, 0.2) is 12.3 Å². The van der Waals surface area contributed by atoms with E-state index in [-0.39, 0.29) is 11.9 Å². The number of nitrogens with one attached hydrogen (secondary N) is 1. The summed E-state index contributed by atoms with van der Waals surface area (Å²) in [6.07, 6.45) is 1.57. The maximum atomic E-state index is 12.1. The molecule has 7 heteroatoms. The molecule has 0 aliphatic rings. The van der Waals surface area contributed by atoms with Gasteiger partial charge >= 0.3 is 0 Å². The molecule has 6 nitrogen and oxygen atoms in total. The molecule has 2 aromatic rings. The number of carbonyl (C=O) groups excluding carboxylic acids is 1. The largest absolute Gasteiger partial charge is 0.397 e. The molecule has 2 rings (SSSR count). The van der Waals surface area contributed by atoms with Crippen LogP contribution in [0.1, 0.15) is 16.6 Å². The van der Waals surface area contributed by atoms with Crippen molar-refractivity contribution in [1.82, 2.24) is 20.4 Å². The standard InChI is InChI=1S/C12H17N5OS/c1-7(17(2)3)6-14-11(18)10-9(13)8-4-5-15-16-12(8)19-10/h4-5,7H,6,13H2,1-3H3,(H,14,18). The SMILES string of the molecule is CC(CNC(=O)c1sc2nnccc2c1N)N(C)C. The summed E-state index contributed by atoms with van der Waals surface area (Å²) in [7, 11) is 3.94. The normalized spacial score (nSPS) is 12.8. The van der Waals surface area contributed by atoms with E-state index < -0.39 is 0 Å². The Morgan fingerprint density at radius 3 is 2.95 bits per heavy atom. The minimum atomic E-state index is -0.158. The first kappa shape index (κ1) is 13.7. The van der Waals surface area contributed by atoms with Crippen molar-refractivity contribution in [3.05, 3.63) is 17.1 Å². The van der Waals surface area contributed by atoms with Gasteiger partial charge in [0.15, 0.2) is 0 Å². The number of thiophene rings is 1. The summed E-state index contributed by atoms with van der Waals surface area (Å²) in [6.45, 7) is 2.62. The average Bonchev–Trinajstić information content (AvgIpc) is 2.73. The van der Waals surface area contributed by atoms with Gasteiger partial charge in [0.05, 0.1) is 11.9 Å². The van der Waals surface area contributed by atoms with Crippen LogP contribution in [0.4, 0.5) is 5.69 Å². The first-order chi connectivity index (χ1) is 9.00. The lowest BCUT2D eigenvalue weighted by Crippen LogP contribution is -2.38. The van der Waals surface area contributed by atoms with Crippen molar-refractivity contribution in [1.29, 1.82) is 0 Å². The molecule has 0 aromatic carbocycles. The molecule has 0 aliphatic carbocycles. The maximum Gasteiger partial charge on any atom is 0.263 e. The molecule has 3 N–H and O–H groups in total. The van der Waals surface area contributed by atoms with Gasteiger partial charge in [0.1, 0.15) is 9.71 Å². The highest BCUT2D eigenvalue weighted by molar-refractivity contribution is 7.21. The smallest absolute Gasteiger partial charge is 0.263 e. The van der Waals surface area contributed by atoms with Gasteiger partial charge in [-0.25, -0.2) is 0 Å². The van der Waals surface area contributed by atoms with Gasteiger partial charge < -0.3 is 16.0 Å². The maximum absolute atomic E-state index is 12.1. The van der Waals surface area contributed by atoms with Crippen LogP contribution in [-0.2, 0) is 0 Å². The molecule has 0 bridgehead atoms. The van der Waals surface area contributed by atoms with Crippen molar-refractivity contribution >= 4 is 33.1 Å². The summed E-state index contributed by atoms with van der Waals surface area (Å²) in [6, 6.07) is 2.03. The van der Waals surface area contributed by atoms with Gasteiger partial charge in [-0.1, -0.05) is 0 Å². The number of hydrogen-bond acceptors (Lipinski definition) is 6. The number of amides is 1. The number of nitrogens with zero attached hydrogens (tertiary/aromatic N) is 3. The van der Waals surface area contributed by atoms with Crippen molar-refractivity contribution in [3.63, 3.8) is 0 Å². The fourth-order valence-corrected chi connectivity index (χ4v) is 2.50. The monoisotopic (exact) mass is 279 g/mol. The zero-order chi connectivity index (χ0) is 14.0. The number of rotatable bonds is 4. The van der Waals surface area contributed by atoms with Crippen LogP contribution in [0.25, 0.3) is 10.2 Å². The first-order valence-corrected chi connectivity index (χ1v) is 6.76. The van der Waals surface area contributed by atoms with Crippen molar-refractivity contribution < 1.29 is 4.79 Å². The predicted octanol–water partition coefficient (Wildman–Crippen LogP) is 0.953. The molecule has 0 spiro atoms. The van der Waals surface area contributed by atoms with Crippen molar-refractivity contribution in [2.75, 3.05) is 26.4 Å². The van der Waals surface area contributed by atoms with Crippen molar-refractivity contribution in [3.8, 4) is 0 Å². The number of hydrogen-bond donors (Lipinski definition) is 2. The Labute approximate surface area is 115 Å². The van der Waals surface area contributed by atoms with Gasteiger partial charge in [0.25, 0.3) is 5.91 Å². The molecule has 1 atom stereocenters. The second-order valence-electron chi connectivity index (χ2n) is 4.62. The van der Waals surface area contributed by atoms with E-state index in [1.165, 1.54) is 11.3 Å². The lowest BCUT2D eigenvalue weighted by molar-refractivity contribution is 0.0948. The first-order valence-electron chi connectivity index (χ1n) is 5.95. The molecule has 0 radical (unpaired) electrons. The van der Waals surface area contributed by atoms with E-state index in [0.717, 1.165) is 5.39 Å².